The molecule has 1 heterocycles. The fraction of sp³-hybridized carbons (Fsp3) is 0.318. The van der Waals surface area contributed by atoms with Gasteiger partial charge >= 0.3 is 0 Å². The van der Waals surface area contributed by atoms with Gasteiger partial charge in [-0.1, -0.05) is 49.9 Å². The summed E-state index contributed by atoms with van der Waals surface area (Å²) in [7, 11) is 0. The van der Waals surface area contributed by atoms with E-state index in [0.29, 0.717) is 5.56 Å². The predicted octanol–water partition coefficient (Wildman–Crippen LogP) is 3.62. The predicted molar refractivity (Wildman–Crippen MR) is 115 cm³/mol. The van der Waals surface area contributed by atoms with Gasteiger partial charge in [-0.15, -0.1) is 0 Å². The van der Waals surface area contributed by atoms with E-state index in [4.69, 9.17) is 10.2 Å². The number of nitrogens with zero attached hydrogens (tertiary/aromatic N) is 1. The SMILES string of the molecule is CC.NC(CO)(CO)CC(O)c1ccc(Sc2ccc(-c3cocn3)cc2)cc1. The lowest BCUT2D eigenvalue weighted by atomic mass is 9.92. The van der Waals surface area contributed by atoms with Crippen molar-refractivity contribution in [2.75, 3.05) is 13.2 Å². The van der Waals surface area contributed by atoms with E-state index in [1.54, 1.807) is 18.0 Å². The smallest absolute Gasteiger partial charge is 0.181 e. The van der Waals surface area contributed by atoms with Gasteiger partial charge in [0.2, 0.25) is 0 Å². The van der Waals surface area contributed by atoms with Crippen LogP contribution < -0.4 is 5.73 Å². The van der Waals surface area contributed by atoms with Crippen LogP contribution in [-0.2, 0) is 0 Å². The number of hydrogen-bond donors (Lipinski definition) is 4. The highest BCUT2D eigenvalue weighted by Gasteiger charge is 2.27. The molecule has 0 aliphatic carbocycles. The molecule has 0 aliphatic heterocycles. The summed E-state index contributed by atoms with van der Waals surface area (Å²) in [5, 5.41) is 28.8. The third-order valence-corrected chi connectivity index (χ3v) is 5.33. The standard InChI is InChI=1S/C20H22N2O4S.C2H6/c21-20(11-23,12-24)9-19(25)15-3-7-17(8-4-15)27-16-5-1-14(2-6-16)18-10-26-13-22-18;1-2/h1-8,10,13,19,23-25H,9,11-12,21H2;1-2H3. The van der Waals surface area contributed by atoms with E-state index in [9.17, 15) is 15.3 Å². The molecule has 0 fully saturated rings. The molecule has 0 spiro atoms. The number of hydrogen-bond acceptors (Lipinski definition) is 7. The van der Waals surface area contributed by atoms with Crippen molar-refractivity contribution in [2.45, 2.75) is 41.7 Å². The molecule has 7 heteroatoms. The molecule has 0 radical (unpaired) electrons. The van der Waals surface area contributed by atoms with E-state index < -0.39 is 24.9 Å². The lowest BCUT2D eigenvalue weighted by molar-refractivity contribution is 0.0618. The number of rotatable bonds is 8. The van der Waals surface area contributed by atoms with E-state index >= 15 is 0 Å². The summed E-state index contributed by atoms with van der Waals surface area (Å²) in [6, 6.07) is 15.5. The monoisotopic (exact) mass is 416 g/mol. The summed E-state index contributed by atoms with van der Waals surface area (Å²) in [4.78, 5) is 6.24. The van der Waals surface area contributed by atoms with Crippen LogP contribution >= 0.6 is 11.8 Å². The molecule has 0 saturated heterocycles. The minimum Gasteiger partial charge on any atom is -0.451 e. The van der Waals surface area contributed by atoms with Crippen molar-refractivity contribution in [1.82, 2.24) is 4.98 Å². The zero-order valence-corrected chi connectivity index (χ0v) is 17.5. The number of aliphatic hydroxyl groups is 3. The Kier molecular flexibility index (Phi) is 8.88. The van der Waals surface area contributed by atoms with Gasteiger partial charge in [0.25, 0.3) is 0 Å². The fourth-order valence-corrected chi connectivity index (χ4v) is 3.44. The molecule has 1 aromatic heterocycles. The zero-order valence-electron chi connectivity index (χ0n) is 16.7. The molecule has 0 aliphatic rings. The maximum Gasteiger partial charge on any atom is 0.181 e. The van der Waals surface area contributed by atoms with Crippen molar-refractivity contribution in [1.29, 1.82) is 0 Å². The van der Waals surface area contributed by atoms with Crippen LogP contribution in [0.2, 0.25) is 0 Å². The van der Waals surface area contributed by atoms with Crippen molar-refractivity contribution < 1.29 is 19.7 Å². The Morgan fingerprint density at radius 3 is 2.03 bits per heavy atom. The van der Waals surface area contributed by atoms with Gasteiger partial charge in [0, 0.05) is 15.4 Å². The Morgan fingerprint density at radius 2 is 1.55 bits per heavy atom. The molecule has 5 N–H and O–H groups in total. The number of aliphatic hydroxyl groups excluding tert-OH is 3. The van der Waals surface area contributed by atoms with Gasteiger partial charge in [-0.05, 0) is 36.2 Å². The van der Waals surface area contributed by atoms with Gasteiger partial charge in [0.1, 0.15) is 12.0 Å². The normalized spacial score (nSPS) is 12.2. The third kappa shape index (κ3) is 6.42. The van der Waals surface area contributed by atoms with E-state index in [-0.39, 0.29) is 6.42 Å². The highest BCUT2D eigenvalue weighted by molar-refractivity contribution is 7.99. The molecule has 1 unspecified atom stereocenters. The Bertz CT molecular complexity index is 832. The van der Waals surface area contributed by atoms with Gasteiger partial charge in [0.15, 0.2) is 6.39 Å². The van der Waals surface area contributed by atoms with E-state index in [0.717, 1.165) is 21.0 Å². The van der Waals surface area contributed by atoms with Crippen LogP contribution in [0.25, 0.3) is 11.3 Å². The van der Waals surface area contributed by atoms with Crippen LogP contribution in [-0.4, -0.2) is 39.1 Å². The maximum absolute atomic E-state index is 10.3. The minimum absolute atomic E-state index is 0.0794. The summed E-state index contributed by atoms with van der Waals surface area (Å²) < 4.78 is 5.00. The molecule has 156 valence electrons. The highest BCUT2D eigenvalue weighted by atomic mass is 32.2. The van der Waals surface area contributed by atoms with Crippen molar-refractivity contribution in [2.24, 2.45) is 5.73 Å². The first-order valence-electron chi connectivity index (χ1n) is 9.48. The third-order valence-electron chi connectivity index (χ3n) is 4.31. The van der Waals surface area contributed by atoms with Gasteiger partial charge in [-0.2, -0.15) is 0 Å². The molecule has 0 saturated carbocycles. The first-order valence-corrected chi connectivity index (χ1v) is 10.3. The molecule has 29 heavy (non-hydrogen) atoms. The molecule has 1 atom stereocenters. The van der Waals surface area contributed by atoms with Crippen LogP contribution in [0.3, 0.4) is 0 Å². The first kappa shape index (κ1) is 23.1. The van der Waals surface area contributed by atoms with Crippen LogP contribution in [0.1, 0.15) is 31.9 Å². The molecule has 3 aromatic rings. The second kappa shape index (κ2) is 11.1. The summed E-state index contributed by atoms with van der Waals surface area (Å²) in [5.41, 5.74) is 7.12. The molecular formula is C22H28N2O4S. The summed E-state index contributed by atoms with van der Waals surface area (Å²) in [5.74, 6) is 0. The van der Waals surface area contributed by atoms with Crippen LogP contribution in [0, 0.1) is 0 Å². The van der Waals surface area contributed by atoms with Gasteiger partial charge in [-0.3, -0.25) is 0 Å². The second-order valence-corrected chi connectivity index (χ2v) is 7.61. The second-order valence-electron chi connectivity index (χ2n) is 6.47. The van der Waals surface area contributed by atoms with Crippen molar-refractivity contribution in [3.05, 3.63) is 66.8 Å². The molecule has 0 bridgehead atoms. The quantitative estimate of drug-likeness (QED) is 0.443. The van der Waals surface area contributed by atoms with Gasteiger partial charge in [-0.25, -0.2) is 4.98 Å². The number of nitrogens with two attached hydrogens (primary N) is 1. The van der Waals surface area contributed by atoms with Crippen molar-refractivity contribution in [3.8, 4) is 11.3 Å². The number of oxazole rings is 1. The molecule has 0 amide bonds. The molecule has 6 nitrogen and oxygen atoms in total. The minimum atomic E-state index is -1.20. The largest absolute Gasteiger partial charge is 0.451 e. The fourth-order valence-electron chi connectivity index (χ4n) is 2.62. The summed E-state index contributed by atoms with van der Waals surface area (Å²) in [6.45, 7) is 3.22. The van der Waals surface area contributed by atoms with E-state index in [2.05, 4.69) is 4.98 Å². The lowest BCUT2D eigenvalue weighted by Gasteiger charge is -2.27. The average molecular weight is 417 g/mol. The van der Waals surface area contributed by atoms with Crippen molar-refractivity contribution in [3.63, 3.8) is 0 Å². The first-order chi connectivity index (χ1) is 14.0. The zero-order chi connectivity index (χ0) is 21.3. The molecule has 3 rings (SSSR count). The topological polar surface area (TPSA) is 113 Å². The van der Waals surface area contributed by atoms with Gasteiger partial charge in [0.05, 0.1) is 24.9 Å². The Morgan fingerprint density at radius 1 is 1.00 bits per heavy atom. The number of benzene rings is 2. The summed E-state index contributed by atoms with van der Waals surface area (Å²) in [6.07, 6.45) is 2.24. The Hall–Kier alpha value is -2.16. The lowest BCUT2D eigenvalue weighted by Crippen LogP contribution is -2.48. The van der Waals surface area contributed by atoms with Crippen LogP contribution in [0.5, 0.6) is 0 Å². The maximum atomic E-state index is 10.3. The van der Waals surface area contributed by atoms with Crippen LogP contribution in [0.4, 0.5) is 0 Å². The Balaban J connectivity index is 0.00000145. The van der Waals surface area contributed by atoms with Gasteiger partial charge < -0.3 is 25.5 Å². The highest BCUT2D eigenvalue weighted by Crippen LogP contribution is 2.31. The van der Waals surface area contributed by atoms with Crippen LogP contribution in [0.15, 0.2) is 75.4 Å². The average Bonchev–Trinajstić information content (AvgIpc) is 3.31. The Labute approximate surface area is 175 Å². The number of aromatic nitrogens is 1. The molecule has 2 aromatic carbocycles. The molecular weight excluding hydrogens is 388 g/mol. The van der Waals surface area contributed by atoms with E-state index in [1.165, 1.54) is 6.39 Å². The van der Waals surface area contributed by atoms with E-state index in [1.807, 2.05) is 62.4 Å². The summed E-state index contributed by atoms with van der Waals surface area (Å²) >= 11 is 1.61. The van der Waals surface area contributed by atoms with Crippen molar-refractivity contribution >= 4 is 11.8 Å².